The van der Waals surface area contributed by atoms with Gasteiger partial charge in [0.05, 0.1) is 23.9 Å². The summed E-state index contributed by atoms with van der Waals surface area (Å²) in [4.78, 5) is 50.6. The van der Waals surface area contributed by atoms with Crippen LogP contribution in [0.15, 0.2) is 53.6 Å². The Hall–Kier alpha value is -4.31. The fourth-order valence-electron chi connectivity index (χ4n) is 4.08. The van der Waals surface area contributed by atoms with Gasteiger partial charge >= 0.3 is 23.8 Å². The second-order valence-electron chi connectivity index (χ2n) is 8.78. The second kappa shape index (κ2) is 11.8. The number of hydrogen-bond acceptors (Lipinski definition) is 8. The molecule has 0 saturated heterocycles. The maximum absolute atomic E-state index is 12.5. The van der Waals surface area contributed by atoms with E-state index < -0.39 is 23.8 Å². The number of hydrazone groups is 1. The average Bonchev–Trinajstić information content (AvgIpc) is 3.29. The zero-order valence-electron chi connectivity index (χ0n) is 21.3. The van der Waals surface area contributed by atoms with Crippen LogP contribution in [-0.4, -0.2) is 36.6 Å². The third kappa shape index (κ3) is 6.15. The molecule has 0 bridgehead atoms. The van der Waals surface area contributed by atoms with Crippen molar-refractivity contribution in [2.24, 2.45) is 5.10 Å². The molecule has 2 amide bonds. The van der Waals surface area contributed by atoms with Crippen molar-refractivity contribution < 1.29 is 28.7 Å². The number of hydrogen-bond donors (Lipinski definition) is 2. The third-order valence-corrected chi connectivity index (χ3v) is 7.26. The SMILES string of the molecule is COC(=O)c1c(NC(=O)C(=O)N/N=C(\C)c2ccc(OC(=O)c3cccc(C)c3)cc2)sc2c1CCCC2. The van der Waals surface area contributed by atoms with Crippen LogP contribution < -0.4 is 15.5 Å². The first-order chi connectivity index (χ1) is 18.3. The van der Waals surface area contributed by atoms with Gasteiger partial charge in [-0.05, 0) is 87.1 Å². The van der Waals surface area contributed by atoms with Gasteiger partial charge in [0.25, 0.3) is 0 Å². The molecule has 0 unspecified atom stereocenters. The molecule has 3 aromatic rings. The lowest BCUT2D eigenvalue weighted by molar-refractivity contribution is -0.136. The summed E-state index contributed by atoms with van der Waals surface area (Å²) >= 11 is 1.29. The molecule has 2 aromatic carbocycles. The normalized spacial score (nSPS) is 12.8. The highest BCUT2D eigenvalue weighted by molar-refractivity contribution is 7.17. The number of anilines is 1. The van der Waals surface area contributed by atoms with E-state index in [1.165, 1.54) is 18.4 Å². The fraction of sp³-hybridized carbons (Fsp3) is 0.250. The maximum Gasteiger partial charge on any atom is 0.343 e. The first-order valence-corrected chi connectivity index (χ1v) is 12.9. The van der Waals surface area contributed by atoms with Crippen molar-refractivity contribution in [3.05, 3.63) is 81.2 Å². The van der Waals surface area contributed by atoms with E-state index in [4.69, 9.17) is 9.47 Å². The third-order valence-electron chi connectivity index (χ3n) is 6.06. The smallest absolute Gasteiger partial charge is 0.343 e. The Morgan fingerprint density at radius 3 is 2.37 bits per heavy atom. The van der Waals surface area contributed by atoms with E-state index in [0.717, 1.165) is 41.7 Å². The van der Waals surface area contributed by atoms with E-state index in [2.05, 4.69) is 15.8 Å². The van der Waals surface area contributed by atoms with E-state index in [-0.39, 0.29) is 0 Å². The van der Waals surface area contributed by atoms with E-state index in [1.54, 1.807) is 49.4 Å². The molecule has 9 nitrogen and oxygen atoms in total. The van der Waals surface area contributed by atoms with Crippen LogP contribution in [0.2, 0.25) is 0 Å². The van der Waals surface area contributed by atoms with Crippen molar-refractivity contribution in [2.75, 3.05) is 12.4 Å². The summed E-state index contributed by atoms with van der Waals surface area (Å²) < 4.78 is 10.3. The first-order valence-electron chi connectivity index (χ1n) is 12.0. The summed E-state index contributed by atoms with van der Waals surface area (Å²) in [5, 5.41) is 6.85. The number of methoxy groups -OCH3 is 1. The van der Waals surface area contributed by atoms with Crippen molar-refractivity contribution >= 4 is 45.8 Å². The van der Waals surface area contributed by atoms with Crippen LogP contribution in [0.1, 0.15) is 62.0 Å². The predicted molar refractivity (Wildman–Crippen MR) is 144 cm³/mol. The molecule has 38 heavy (non-hydrogen) atoms. The van der Waals surface area contributed by atoms with E-state index >= 15 is 0 Å². The van der Waals surface area contributed by atoms with E-state index in [9.17, 15) is 19.2 Å². The Bertz CT molecular complexity index is 1420. The molecule has 1 aliphatic rings. The number of thiophene rings is 1. The van der Waals surface area contributed by atoms with Gasteiger partial charge in [-0.2, -0.15) is 5.10 Å². The molecule has 0 fully saturated rings. The number of ether oxygens (including phenoxy) is 2. The summed E-state index contributed by atoms with van der Waals surface area (Å²) in [5.74, 6) is -2.57. The number of esters is 2. The second-order valence-corrected chi connectivity index (χ2v) is 9.89. The molecule has 2 N–H and O–H groups in total. The van der Waals surface area contributed by atoms with Crippen LogP contribution in [0, 0.1) is 6.92 Å². The minimum absolute atomic E-state index is 0.306. The van der Waals surface area contributed by atoms with Crippen LogP contribution in [0.5, 0.6) is 5.75 Å². The fourth-order valence-corrected chi connectivity index (χ4v) is 5.36. The molecule has 0 aliphatic heterocycles. The van der Waals surface area contributed by atoms with Gasteiger partial charge in [-0.3, -0.25) is 9.59 Å². The van der Waals surface area contributed by atoms with E-state index in [1.807, 2.05) is 13.0 Å². The Kier molecular flexibility index (Phi) is 8.32. The van der Waals surface area contributed by atoms with Gasteiger partial charge in [-0.25, -0.2) is 15.0 Å². The minimum atomic E-state index is -0.977. The van der Waals surface area contributed by atoms with Gasteiger partial charge < -0.3 is 14.8 Å². The highest BCUT2D eigenvalue weighted by Gasteiger charge is 2.28. The van der Waals surface area contributed by atoms with Crippen molar-refractivity contribution in [1.82, 2.24) is 5.43 Å². The molecule has 0 radical (unpaired) electrons. The predicted octanol–water partition coefficient (Wildman–Crippen LogP) is 4.42. The van der Waals surface area contributed by atoms with Gasteiger partial charge in [-0.15, -0.1) is 11.3 Å². The molecular formula is C28H27N3O6S. The number of carbonyl (C=O) groups excluding carboxylic acids is 4. The van der Waals surface area contributed by atoms with Gasteiger partial charge in [0, 0.05) is 4.88 Å². The molecule has 4 rings (SSSR count). The number of nitrogens with one attached hydrogen (secondary N) is 2. The molecule has 1 heterocycles. The quantitative estimate of drug-likeness (QED) is 0.159. The van der Waals surface area contributed by atoms with Gasteiger partial charge in [-0.1, -0.05) is 17.7 Å². The van der Waals surface area contributed by atoms with Crippen LogP contribution in [0.4, 0.5) is 5.00 Å². The molecule has 0 spiro atoms. The van der Waals surface area contributed by atoms with Crippen molar-refractivity contribution in [2.45, 2.75) is 39.5 Å². The molecule has 1 aromatic heterocycles. The van der Waals surface area contributed by atoms with E-state index in [0.29, 0.717) is 33.2 Å². The number of benzene rings is 2. The largest absolute Gasteiger partial charge is 0.465 e. The monoisotopic (exact) mass is 533 g/mol. The Labute approximate surface area is 223 Å². The molecule has 196 valence electrons. The van der Waals surface area contributed by atoms with Gasteiger partial charge in [0.1, 0.15) is 10.8 Å². The lowest BCUT2D eigenvalue weighted by Crippen LogP contribution is -2.33. The number of fused-ring (bicyclic) bond motifs is 1. The Morgan fingerprint density at radius 1 is 0.921 bits per heavy atom. The summed E-state index contributed by atoms with van der Waals surface area (Å²) in [6.45, 7) is 3.55. The van der Waals surface area contributed by atoms with Crippen molar-refractivity contribution in [1.29, 1.82) is 0 Å². The standard InChI is InChI=1S/C28H27N3O6S/c1-16-7-6-8-19(15-16)27(34)37-20-13-11-18(12-14-20)17(2)30-31-25(33)24(32)29-26-23(28(35)36-3)21-9-4-5-10-22(21)38-26/h6-8,11-15H,4-5,9-10H2,1-3H3,(H,29,32)(H,31,33)/b30-17+. The topological polar surface area (TPSA) is 123 Å². The molecule has 0 atom stereocenters. The molecule has 10 heteroatoms. The molecular weight excluding hydrogens is 506 g/mol. The number of amides is 2. The highest BCUT2D eigenvalue weighted by Crippen LogP contribution is 2.38. The van der Waals surface area contributed by atoms with Crippen molar-refractivity contribution in [3.8, 4) is 5.75 Å². The zero-order valence-corrected chi connectivity index (χ0v) is 22.1. The number of rotatable bonds is 6. The van der Waals surface area contributed by atoms with Gasteiger partial charge in [0.15, 0.2) is 0 Å². The van der Waals surface area contributed by atoms with Crippen LogP contribution in [-0.2, 0) is 27.2 Å². The zero-order chi connectivity index (χ0) is 27.2. The summed E-state index contributed by atoms with van der Waals surface area (Å²) in [5.41, 5.74) is 5.93. The summed E-state index contributed by atoms with van der Waals surface area (Å²) in [7, 11) is 1.28. The Morgan fingerprint density at radius 2 is 1.66 bits per heavy atom. The highest BCUT2D eigenvalue weighted by atomic mass is 32.1. The lowest BCUT2D eigenvalue weighted by atomic mass is 9.95. The van der Waals surface area contributed by atoms with Crippen LogP contribution in [0.25, 0.3) is 0 Å². The van der Waals surface area contributed by atoms with Crippen LogP contribution in [0.3, 0.4) is 0 Å². The van der Waals surface area contributed by atoms with Crippen molar-refractivity contribution in [3.63, 3.8) is 0 Å². The summed E-state index contributed by atoms with van der Waals surface area (Å²) in [6, 6.07) is 13.7. The summed E-state index contributed by atoms with van der Waals surface area (Å²) in [6.07, 6.45) is 3.50. The number of nitrogens with zero attached hydrogens (tertiary/aromatic N) is 1. The first kappa shape index (κ1) is 26.7. The molecule has 0 saturated carbocycles. The molecule has 1 aliphatic carbocycles. The minimum Gasteiger partial charge on any atom is -0.465 e. The maximum atomic E-state index is 12.5. The van der Waals surface area contributed by atoms with Gasteiger partial charge in [0.2, 0.25) is 0 Å². The average molecular weight is 534 g/mol. The number of aryl methyl sites for hydroxylation is 2. The lowest BCUT2D eigenvalue weighted by Gasteiger charge is -2.11. The number of carbonyl (C=O) groups is 4. The Balaban J connectivity index is 1.37. The van der Waals surface area contributed by atoms with Crippen LogP contribution >= 0.6 is 11.3 Å².